The van der Waals surface area contributed by atoms with Gasteiger partial charge in [0, 0.05) is 6.54 Å². The molecule has 21 heavy (non-hydrogen) atoms. The van der Waals surface area contributed by atoms with Crippen molar-refractivity contribution in [3.8, 4) is 5.75 Å². The van der Waals surface area contributed by atoms with E-state index in [1.165, 1.54) is 0 Å². The van der Waals surface area contributed by atoms with Gasteiger partial charge in [0.15, 0.2) is 0 Å². The van der Waals surface area contributed by atoms with E-state index in [0.717, 1.165) is 16.9 Å². The van der Waals surface area contributed by atoms with E-state index in [9.17, 15) is 4.79 Å². The molecule has 0 saturated heterocycles. The van der Waals surface area contributed by atoms with Gasteiger partial charge in [-0.2, -0.15) is 0 Å². The van der Waals surface area contributed by atoms with Gasteiger partial charge in [0.25, 0.3) is 0 Å². The van der Waals surface area contributed by atoms with Crippen molar-refractivity contribution in [2.75, 3.05) is 0 Å². The third kappa shape index (κ3) is 5.30. The topological polar surface area (TPSA) is 38.3 Å². The number of hydrogen-bond acceptors (Lipinski definition) is 2. The minimum atomic E-state index is 0.0244. The van der Waals surface area contributed by atoms with Crippen molar-refractivity contribution in [2.24, 2.45) is 0 Å². The summed E-state index contributed by atoms with van der Waals surface area (Å²) in [6, 6.07) is 17.6. The SMILES string of the molecule is CC(C)Oc1ccc(CC(=O)NCc2ccccc2)cc1. The number of carbonyl (C=O) groups is 1. The van der Waals surface area contributed by atoms with Crippen molar-refractivity contribution in [3.05, 3.63) is 65.7 Å². The molecule has 0 aromatic heterocycles. The van der Waals surface area contributed by atoms with Crippen molar-refractivity contribution >= 4 is 5.91 Å². The van der Waals surface area contributed by atoms with Gasteiger partial charge >= 0.3 is 0 Å². The Hall–Kier alpha value is -2.29. The number of rotatable bonds is 6. The predicted molar refractivity (Wildman–Crippen MR) is 84.2 cm³/mol. The molecule has 0 unspecified atom stereocenters. The molecule has 1 amide bonds. The minimum Gasteiger partial charge on any atom is -0.491 e. The highest BCUT2D eigenvalue weighted by Crippen LogP contribution is 2.14. The fourth-order valence-corrected chi connectivity index (χ4v) is 2.00. The number of amides is 1. The third-order valence-corrected chi connectivity index (χ3v) is 2.99. The second kappa shape index (κ2) is 7.48. The first-order chi connectivity index (χ1) is 10.1. The number of ether oxygens (including phenoxy) is 1. The Morgan fingerprint density at radius 3 is 2.29 bits per heavy atom. The van der Waals surface area contributed by atoms with Crippen LogP contribution in [-0.4, -0.2) is 12.0 Å². The highest BCUT2D eigenvalue weighted by Gasteiger charge is 2.04. The zero-order chi connectivity index (χ0) is 15.1. The molecule has 0 aliphatic heterocycles. The van der Waals surface area contributed by atoms with Crippen LogP contribution in [0.5, 0.6) is 5.75 Å². The van der Waals surface area contributed by atoms with Crippen LogP contribution >= 0.6 is 0 Å². The first kappa shape index (κ1) is 15.1. The maximum atomic E-state index is 11.9. The molecule has 0 fully saturated rings. The monoisotopic (exact) mass is 283 g/mol. The Morgan fingerprint density at radius 2 is 1.67 bits per heavy atom. The summed E-state index contributed by atoms with van der Waals surface area (Å²) in [5.74, 6) is 0.856. The lowest BCUT2D eigenvalue weighted by Gasteiger charge is -2.10. The van der Waals surface area contributed by atoms with E-state index in [2.05, 4.69) is 5.32 Å². The van der Waals surface area contributed by atoms with Gasteiger partial charge in [-0.25, -0.2) is 0 Å². The lowest BCUT2D eigenvalue weighted by atomic mass is 10.1. The van der Waals surface area contributed by atoms with E-state index in [1.807, 2.05) is 68.4 Å². The Kier molecular flexibility index (Phi) is 5.38. The van der Waals surface area contributed by atoms with E-state index in [1.54, 1.807) is 0 Å². The van der Waals surface area contributed by atoms with Gasteiger partial charge in [0.05, 0.1) is 12.5 Å². The zero-order valence-electron chi connectivity index (χ0n) is 12.5. The Labute approximate surface area is 126 Å². The van der Waals surface area contributed by atoms with Crippen LogP contribution in [0.3, 0.4) is 0 Å². The van der Waals surface area contributed by atoms with Crippen molar-refractivity contribution < 1.29 is 9.53 Å². The molecule has 0 heterocycles. The summed E-state index contributed by atoms with van der Waals surface area (Å²) >= 11 is 0. The Morgan fingerprint density at radius 1 is 1.00 bits per heavy atom. The van der Waals surface area contributed by atoms with Gasteiger partial charge in [0.1, 0.15) is 5.75 Å². The molecule has 0 spiro atoms. The molecule has 2 aromatic rings. The van der Waals surface area contributed by atoms with Crippen molar-refractivity contribution in [3.63, 3.8) is 0 Å². The Balaban J connectivity index is 1.82. The van der Waals surface area contributed by atoms with Crippen molar-refractivity contribution in [1.82, 2.24) is 5.32 Å². The van der Waals surface area contributed by atoms with Crippen LogP contribution in [0.1, 0.15) is 25.0 Å². The summed E-state index contributed by atoms with van der Waals surface area (Å²) in [6.45, 7) is 4.55. The summed E-state index contributed by atoms with van der Waals surface area (Å²) in [5.41, 5.74) is 2.09. The molecule has 0 saturated carbocycles. The molecule has 2 aromatic carbocycles. The number of hydrogen-bond donors (Lipinski definition) is 1. The van der Waals surface area contributed by atoms with Crippen molar-refractivity contribution in [2.45, 2.75) is 32.9 Å². The standard InChI is InChI=1S/C18H21NO2/c1-14(2)21-17-10-8-15(9-11-17)12-18(20)19-13-16-6-4-3-5-7-16/h3-11,14H,12-13H2,1-2H3,(H,19,20). The lowest BCUT2D eigenvalue weighted by Crippen LogP contribution is -2.24. The fourth-order valence-electron chi connectivity index (χ4n) is 2.00. The second-order valence-corrected chi connectivity index (χ2v) is 5.25. The second-order valence-electron chi connectivity index (χ2n) is 5.25. The number of benzene rings is 2. The average Bonchev–Trinajstić information content (AvgIpc) is 2.48. The van der Waals surface area contributed by atoms with Gasteiger partial charge in [-0.05, 0) is 37.1 Å². The van der Waals surface area contributed by atoms with Crippen LogP contribution in [0.2, 0.25) is 0 Å². The van der Waals surface area contributed by atoms with Gasteiger partial charge in [-0.1, -0.05) is 42.5 Å². The fraction of sp³-hybridized carbons (Fsp3) is 0.278. The normalized spacial score (nSPS) is 10.4. The maximum Gasteiger partial charge on any atom is 0.224 e. The van der Waals surface area contributed by atoms with Crippen LogP contribution in [0.15, 0.2) is 54.6 Å². The summed E-state index contributed by atoms with van der Waals surface area (Å²) in [6.07, 6.45) is 0.541. The molecule has 0 atom stereocenters. The molecule has 2 rings (SSSR count). The molecule has 0 radical (unpaired) electrons. The molecule has 110 valence electrons. The quantitative estimate of drug-likeness (QED) is 0.883. The van der Waals surface area contributed by atoms with Crippen LogP contribution in [0, 0.1) is 0 Å². The van der Waals surface area contributed by atoms with Gasteiger partial charge in [-0.15, -0.1) is 0 Å². The largest absolute Gasteiger partial charge is 0.491 e. The van der Waals surface area contributed by atoms with E-state index < -0.39 is 0 Å². The minimum absolute atomic E-state index is 0.0244. The maximum absolute atomic E-state index is 11.9. The van der Waals surface area contributed by atoms with E-state index in [0.29, 0.717) is 13.0 Å². The van der Waals surface area contributed by atoms with Gasteiger partial charge < -0.3 is 10.1 Å². The smallest absolute Gasteiger partial charge is 0.224 e. The summed E-state index contributed by atoms with van der Waals surface area (Å²) in [5, 5.41) is 2.92. The first-order valence-electron chi connectivity index (χ1n) is 7.19. The van der Waals surface area contributed by atoms with Crippen LogP contribution in [0.25, 0.3) is 0 Å². The highest BCUT2D eigenvalue weighted by atomic mass is 16.5. The van der Waals surface area contributed by atoms with Crippen molar-refractivity contribution in [1.29, 1.82) is 0 Å². The predicted octanol–water partition coefficient (Wildman–Crippen LogP) is 3.33. The molecule has 0 aliphatic rings. The number of carbonyl (C=O) groups excluding carboxylic acids is 1. The molecular weight excluding hydrogens is 262 g/mol. The number of nitrogens with one attached hydrogen (secondary N) is 1. The molecule has 3 heteroatoms. The molecule has 0 aliphatic carbocycles. The summed E-state index contributed by atoms with van der Waals surface area (Å²) < 4.78 is 5.58. The van der Waals surface area contributed by atoms with E-state index in [4.69, 9.17) is 4.74 Å². The molecular formula is C18H21NO2. The summed E-state index contributed by atoms with van der Waals surface area (Å²) in [4.78, 5) is 11.9. The first-order valence-corrected chi connectivity index (χ1v) is 7.19. The third-order valence-electron chi connectivity index (χ3n) is 2.99. The van der Waals surface area contributed by atoms with Gasteiger partial charge in [0.2, 0.25) is 5.91 Å². The van der Waals surface area contributed by atoms with E-state index >= 15 is 0 Å². The van der Waals surface area contributed by atoms with Gasteiger partial charge in [-0.3, -0.25) is 4.79 Å². The highest BCUT2D eigenvalue weighted by molar-refractivity contribution is 5.78. The van der Waals surface area contributed by atoms with Crippen LogP contribution in [0.4, 0.5) is 0 Å². The van der Waals surface area contributed by atoms with E-state index in [-0.39, 0.29) is 12.0 Å². The van der Waals surface area contributed by atoms with Crippen LogP contribution < -0.4 is 10.1 Å². The Bertz CT molecular complexity index is 562. The summed E-state index contributed by atoms with van der Waals surface area (Å²) in [7, 11) is 0. The molecule has 0 bridgehead atoms. The average molecular weight is 283 g/mol. The molecule has 3 nitrogen and oxygen atoms in total. The zero-order valence-corrected chi connectivity index (χ0v) is 12.5. The van der Waals surface area contributed by atoms with Crippen LogP contribution in [-0.2, 0) is 17.8 Å². The molecule has 1 N–H and O–H groups in total. The lowest BCUT2D eigenvalue weighted by molar-refractivity contribution is -0.120.